The second kappa shape index (κ2) is 7.78. The minimum Gasteiger partial charge on any atom is -0.467 e. The van der Waals surface area contributed by atoms with Gasteiger partial charge >= 0.3 is 5.97 Å². The first-order chi connectivity index (χ1) is 14.4. The van der Waals surface area contributed by atoms with Gasteiger partial charge in [-0.25, -0.2) is 9.80 Å². The summed E-state index contributed by atoms with van der Waals surface area (Å²) in [6, 6.07) is 16.3. The number of nitrogens with zero attached hydrogens (tertiary/aromatic N) is 3. The number of hydrazine groups is 1. The molecule has 1 aromatic heterocycles. The van der Waals surface area contributed by atoms with E-state index in [4.69, 9.17) is 4.74 Å². The summed E-state index contributed by atoms with van der Waals surface area (Å²) < 4.78 is 6.70. The summed E-state index contributed by atoms with van der Waals surface area (Å²) >= 11 is 0. The molecule has 2 unspecified atom stereocenters. The average molecular weight is 405 g/mol. The molecule has 2 aromatic carbocycles. The minimum absolute atomic E-state index is 0.259. The molecule has 0 aliphatic carbocycles. The number of rotatable bonds is 4. The van der Waals surface area contributed by atoms with Gasteiger partial charge in [0.05, 0.1) is 18.4 Å². The largest absolute Gasteiger partial charge is 0.467 e. The number of hydrogen-bond acceptors (Lipinski definition) is 5. The minimum atomic E-state index is -1.09. The molecule has 0 saturated carbocycles. The number of anilines is 1. The molecule has 0 spiro atoms. The summed E-state index contributed by atoms with van der Waals surface area (Å²) in [6.07, 6.45) is 2.41. The lowest BCUT2D eigenvalue weighted by Gasteiger charge is -2.24. The normalized spacial score (nSPS) is 19.6. The van der Waals surface area contributed by atoms with Gasteiger partial charge in [-0.3, -0.25) is 4.79 Å². The number of carbonyl (C=O) groups is 2. The van der Waals surface area contributed by atoms with E-state index in [9.17, 15) is 14.7 Å². The molecule has 30 heavy (non-hydrogen) atoms. The van der Waals surface area contributed by atoms with E-state index in [2.05, 4.69) is 0 Å². The van der Waals surface area contributed by atoms with Crippen LogP contribution in [0.15, 0.2) is 66.4 Å². The van der Waals surface area contributed by atoms with Crippen molar-refractivity contribution in [1.82, 2.24) is 9.58 Å². The van der Waals surface area contributed by atoms with Crippen LogP contribution >= 0.6 is 0 Å². The van der Waals surface area contributed by atoms with Crippen molar-refractivity contribution in [2.45, 2.75) is 19.2 Å². The summed E-state index contributed by atoms with van der Waals surface area (Å²) in [6.45, 7) is 1.76. The van der Waals surface area contributed by atoms with Crippen LogP contribution in [-0.4, -0.2) is 46.9 Å². The molecule has 1 amide bonds. The zero-order chi connectivity index (χ0) is 21.4. The lowest BCUT2D eigenvalue weighted by atomic mass is 10.1. The van der Waals surface area contributed by atoms with Crippen LogP contribution in [-0.2, 0) is 14.3 Å². The molecule has 1 aliphatic rings. The molecule has 1 N–H and O–H groups in total. The number of likely N-dealkylation sites (N-methyl/N-ethyl adjacent to an activating group) is 1. The zero-order valence-corrected chi connectivity index (χ0v) is 17.0. The average Bonchev–Trinajstić information content (AvgIpc) is 3.24. The molecule has 4 rings (SSSR count). The smallest absolute Gasteiger partial charge is 0.328 e. The maximum Gasteiger partial charge on any atom is 0.328 e. The Labute approximate surface area is 174 Å². The van der Waals surface area contributed by atoms with Crippen LogP contribution in [0.4, 0.5) is 5.69 Å². The van der Waals surface area contributed by atoms with Crippen molar-refractivity contribution in [3.8, 4) is 0 Å². The van der Waals surface area contributed by atoms with Crippen molar-refractivity contribution in [3.63, 3.8) is 0 Å². The van der Waals surface area contributed by atoms with Gasteiger partial charge in [-0.15, -0.1) is 0 Å². The van der Waals surface area contributed by atoms with Crippen LogP contribution in [0.5, 0.6) is 0 Å². The van der Waals surface area contributed by atoms with Crippen LogP contribution in [0.2, 0.25) is 0 Å². The number of ether oxygens (including phenoxy) is 1. The van der Waals surface area contributed by atoms with Gasteiger partial charge in [0.2, 0.25) is 0 Å². The highest BCUT2D eigenvalue weighted by atomic mass is 16.5. The fourth-order valence-corrected chi connectivity index (χ4v) is 3.81. The van der Waals surface area contributed by atoms with E-state index in [1.165, 1.54) is 17.1 Å². The molecule has 0 radical (unpaired) electrons. The van der Waals surface area contributed by atoms with Crippen molar-refractivity contribution < 1.29 is 19.4 Å². The van der Waals surface area contributed by atoms with E-state index in [-0.39, 0.29) is 17.4 Å². The van der Waals surface area contributed by atoms with E-state index < -0.39 is 12.3 Å². The van der Waals surface area contributed by atoms with Crippen molar-refractivity contribution in [2.24, 2.45) is 0 Å². The Morgan fingerprint density at radius 2 is 1.80 bits per heavy atom. The summed E-state index contributed by atoms with van der Waals surface area (Å²) in [7, 11) is 3.02. The Hall–Kier alpha value is -3.42. The number of carbonyl (C=O) groups excluding carboxylic acids is 2. The SMILES string of the molecule is COC(=O)C(C)n1cc(/C=C2\C(=O)N(c3ccccc3)N(C)C2O)c2ccccc21. The first-order valence-corrected chi connectivity index (χ1v) is 9.63. The molecule has 1 saturated heterocycles. The third-order valence-electron chi connectivity index (χ3n) is 5.43. The van der Waals surface area contributed by atoms with E-state index in [1.54, 1.807) is 20.0 Å². The molecule has 1 fully saturated rings. The number of aliphatic hydroxyl groups excluding tert-OH is 1. The molecular weight excluding hydrogens is 382 g/mol. The van der Waals surface area contributed by atoms with Crippen LogP contribution < -0.4 is 5.01 Å². The fraction of sp³-hybridized carbons (Fsp3) is 0.217. The van der Waals surface area contributed by atoms with Crippen LogP contribution in [0.1, 0.15) is 18.5 Å². The highest BCUT2D eigenvalue weighted by Gasteiger charge is 2.40. The van der Waals surface area contributed by atoms with Gasteiger partial charge < -0.3 is 14.4 Å². The number of hydrogen-bond donors (Lipinski definition) is 1. The number of methoxy groups -OCH3 is 1. The van der Waals surface area contributed by atoms with Gasteiger partial charge in [-0.1, -0.05) is 36.4 Å². The Kier molecular flexibility index (Phi) is 5.15. The topological polar surface area (TPSA) is 75.0 Å². The van der Waals surface area contributed by atoms with Gasteiger partial charge in [0.15, 0.2) is 6.23 Å². The number of aliphatic hydroxyl groups is 1. The quantitative estimate of drug-likeness (QED) is 0.534. The van der Waals surface area contributed by atoms with Gasteiger partial charge in [-0.2, -0.15) is 5.01 Å². The number of aromatic nitrogens is 1. The lowest BCUT2D eigenvalue weighted by Crippen LogP contribution is -2.39. The predicted octanol–water partition coefficient (Wildman–Crippen LogP) is 2.97. The Balaban J connectivity index is 1.80. The van der Waals surface area contributed by atoms with Gasteiger partial charge in [-0.05, 0) is 31.2 Å². The molecule has 2 atom stereocenters. The molecular formula is C23H23N3O4. The van der Waals surface area contributed by atoms with E-state index in [0.717, 1.165) is 16.5 Å². The van der Waals surface area contributed by atoms with E-state index in [1.807, 2.05) is 65.4 Å². The van der Waals surface area contributed by atoms with Crippen molar-refractivity contribution in [2.75, 3.05) is 19.2 Å². The third kappa shape index (κ3) is 3.18. The summed E-state index contributed by atoms with van der Waals surface area (Å²) in [4.78, 5) is 25.2. The maximum atomic E-state index is 13.1. The zero-order valence-electron chi connectivity index (χ0n) is 17.0. The lowest BCUT2D eigenvalue weighted by molar-refractivity contribution is -0.143. The van der Waals surface area contributed by atoms with Crippen molar-refractivity contribution >= 4 is 34.5 Å². The summed E-state index contributed by atoms with van der Waals surface area (Å²) in [5, 5.41) is 14.6. The number of esters is 1. The first-order valence-electron chi connectivity index (χ1n) is 9.63. The highest BCUT2D eigenvalue weighted by Crippen LogP contribution is 2.32. The Bertz CT molecular complexity index is 1140. The first kappa shape index (κ1) is 19.9. The summed E-state index contributed by atoms with van der Waals surface area (Å²) in [5.74, 6) is -0.657. The Morgan fingerprint density at radius 3 is 2.50 bits per heavy atom. The van der Waals surface area contributed by atoms with Gasteiger partial charge in [0.1, 0.15) is 6.04 Å². The van der Waals surface area contributed by atoms with E-state index in [0.29, 0.717) is 5.69 Å². The van der Waals surface area contributed by atoms with Crippen molar-refractivity contribution in [1.29, 1.82) is 0 Å². The molecule has 154 valence electrons. The third-order valence-corrected chi connectivity index (χ3v) is 5.43. The number of para-hydroxylation sites is 2. The van der Waals surface area contributed by atoms with Crippen LogP contribution in [0.25, 0.3) is 17.0 Å². The van der Waals surface area contributed by atoms with Gasteiger partial charge in [0, 0.05) is 29.7 Å². The van der Waals surface area contributed by atoms with Gasteiger partial charge in [0.25, 0.3) is 5.91 Å². The van der Waals surface area contributed by atoms with Crippen LogP contribution in [0, 0.1) is 0 Å². The summed E-state index contributed by atoms with van der Waals surface area (Å²) in [5.41, 5.74) is 2.52. The van der Waals surface area contributed by atoms with Crippen molar-refractivity contribution in [3.05, 3.63) is 71.9 Å². The second-order valence-corrected chi connectivity index (χ2v) is 7.21. The Morgan fingerprint density at radius 1 is 1.13 bits per heavy atom. The fourth-order valence-electron chi connectivity index (χ4n) is 3.81. The number of amides is 1. The van der Waals surface area contributed by atoms with E-state index >= 15 is 0 Å². The number of fused-ring (bicyclic) bond motifs is 1. The molecule has 7 heteroatoms. The standard InChI is InChI=1S/C23H23N3O4/c1-15(23(29)30-3)25-14-16(18-11-7-8-12-20(18)25)13-19-21(27)24(2)26(22(19)28)17-9-5-4-6-10-17/h4-15,21,27H,1-3H3/b19-13-. The number of benzene rings is 2. The molecule has 2 heterocycles. The molecule has 1 aliphatic heterocycles. The molecule has 0 bridgehead atoms. The van der Waals surface area contributed by atoms with Crippen LogP contribution in [0.3, 0.4) is 0 Å². The predicted molar refractivity (Wildman–Crippen MR) is 114 cm³/mol. The monoisotopic (exact) mass is 405 g/mol. The molecule has 7 nitrogen and oxygen atoms in total. The maximum absolute atomic E-state index is 13.1. The highest BCUT2D eigenvalue weighted by molar-refractivity contribution is 6.11. The molecule has 3 aromatic rings. The second-order valence-electron chi connectivity index (χ2n) is 7.21.